The summed E-state index contributed by atoms with van der Waals surface area (Å²) >= 11 is 12.5. The van der Waals surface area contributed by atoms with Crippen LogP contribution in [0.15, 0.2) is 91.0 Å². The van der Waals surface area contributed by atoms with Gasteiger partial charge in [0.15, 0.2) is 0 Å². The minimum Gasteiger partial charge on any atom is -0.322 e. The summed E-state index contributed by atoms with van der Waals surface area (Å²) in [4.78, 5) is 18.0. The Kier molecular flexibility index (Phi) is 5.06. The largest absolute Gasteiger partial charge is 0.322 e. The third kappa shape index (κ3) is 3.86. The molecule has 31 heavy (non-hydrogen) atoms. The zero-order chi connectivity index (χ0) is 21.4. The minimum absolute atomic E-state index is 0.208. The number of hydrogen-bond donors (Lipinski definition) is 1. The van der Waals surface area contributed by atoms with E-state index in [2.05, 4.69) is 5.32 Å². The number of carbonyl (C=O) groups is 1. The van der Waals surface area contributed by atoms with Gasteiger partial charge in [0.05, 0.1) is 21.8 Å². The van der Waals surface area contributed by atoms with Gasteiger partial charge in [0.2, 0.25) is 0 Å². The molecule has 0 unspecified atom stereocenters. The summed E-state index contributed by atoms with van der Waals surface area (Å²) in [6, 6.07) is 28.5. The first kappa shape index (κ1) is 19.6. The van der Waals surface area contributed by atoms with Crippen molar-refractivity contribution < 1.29 is 4.79 Å². The molecule has 1 amide bonds. The van der Waals surface area contributed by atoms with E-state index >= 15 is 0 Å². The van der Waals surface area contributed by atoms with E-state index in [-0.39, 0.29) is 5.91 Å². The summed E-state index contributed by atoms with van der Waals surface area (Å²) in [6.07, 6.45) is 0. The smallest absolute Gasteiger partial charge is 0.256 e. The first-order chi connectivity index (χ1) is 15.1. The molecular formula is C26H16Cl2N2O. The number of halogens is 2. The molecule has 150 valence electrons. The van der Waals surface area contributed by atoms with Crippen LogP contribution in [0.4, 0.5) is 5.69 Å². The monoisotopic (exact) mass is 442 g/mol. The Balaban J connectivity index is 1.59. The SMILES string of the molecule is O=C(Nc1ccc2ccccc2c1)c1cc(-c2ccc(Cl)cc2Cl)nc2ccccc12. The summed E-state index contributed by atoms with van der Waals surface area (Å²) in [6.45, 7) is 0. The summed E-state index contributed by atoms with van der Waals surface area (Å²) in [5.41, 5.74) is 3.31. The number of carbonyl (C=O) groups excluding carboxylic acids is 1. The minimum atomic E-state index is -0.208. The van der Waals surface area contributed by atoms with Crippen molar-refractivity contribution in [2.45, 2.75) is 0 Å². The molecule has 4 aromatic carbocycles. The second-order valence-electron chi connectivity index (χ2n) is 7.21. The Morgan fingerprint density at radius 2 is 1.55 bits per heavy atom. The van der Waals surface area contributed by atoms with Gasteiger partial charge in [0.25, 0.3) is 5.91 Å². The van der Waals surface area contributed by atoms with Crippen molar-refractivity contribution in [3.63, 3.8) is 0 Å². The van der Waals surface area contributed by atoms with E-state index in [0.717, 1.165) is 32.9 Å². The zero-order valence-corrected chi connectivity index (χ0v) is 17.8. The van der Waals surface area contributed by atoms with E-state index in [9.17, 15) is 4.79 Å². The number of rotatable bonds is 3. The van der Waals surface area contributed by atoms with Crippen molar-refractivity contribution in [1.82, 2.24) is 4.98 Å². The van der Waals surface area contributed by atoms with Crippen LogP contribution in [0.5, 0.6) is 0 Å². The second-order valence-corrected chi connectivity index (χ2v) is 8.06. The maximum Gasteiger partial charge on any atom is 0.256 e. The molecule has 0 spiro atoms. The van der Waals surface area contributed by atoms with E-state index in [1.807, 2.05) is 72.8 Å². The highest BCUT2D eigenvalue weighted by Crippen LogP contribution is 2.32. The molecule has 0 fully saturated rings. The highest BCUT2D eigenvalue weighted by molar-refractivity contribution is 6.36. The molecule has 1 N–H and O–H groups in total. The maximum atomic E-state index is 13.3. The van der Waals surface area contributed by atoms with Crippen LogP contribution in [0.25, 0.3) is 32.9 Å². The summed E-state index contributed by atoms with van der Waals surface area (Å²) in [5.74, 6) is -0.208. The summed E-state index contributed by atoms with van der Waals surface area (Å²) < 4.78 is 0. The van der Waals surface area contributed by atoms with E-state index in [0.29, 0.717) is 21.3 Å². The molecule has 0 atom stereocenters. The highest BCUT2D eigenvalue weighted by Gasteiger charge is 2.16. The van der Waals surface area contributed by atoms with Gasteiger partial charge < -0.3 is 5.32 Å². The number of benzene rings is 4. The molecule has 1 aromatic heterocycles. The van der Waals surface area contributed by atoms with Gasteiger partial charge in [0.1, 0.15) is 0 Å². The van der Waals surface area contributed by atoms with Crippen molar-refractivity contribution in [2.75, 3.05) is 5.32 Å². The average molecular weight is 443 g/mol. The number of nitrogens with zero attached hydrogens (tertiary/aromatic N) is 1. The van der Waals surface area contributed by atoms with Gasteiger partial charge in [-0.1, -0.05) is 71.7 Å². The Morgan fingerprint density at radius 3 is 2.39 bits per heavy atom. The molecule has 5 heteroatoms. The fraction of sp³-hybridized carbons (Fsp3) is 0. The van der Waals surface area contributed by atoms with Crippen LogP contribution < -0.4 is 5.32 Å². The van der Waals surface area contributed by atoms with Crippen LogP contribution in [-0.4, -0.2) is 10.9 Å². The van der Waals surface area contributed by atoms with Crippen molar-refractivity contribution in [3.05, 3.63) is 107 Å². The van der Waals surface area contributed by atoms with Gasteiger partial charge in [-0.3, -0.25) is 4.79 Å². The maximum absolute atomic E-state index is 13.3. The quantitative estimate of drug-likeness (QED) is 0.312. The Morgan fingerprint density at radius 1 is 0.774 bits per heavy atom. The first-order valence-electron chi connectivity index (χ1n) is 9.74. The number of pyridine rings is 1. The highest BCUT2D eigenvalue weighted by atomic mass is 35.5. The van der Waals surface area contributed by atoms with Crippen LogP contribution in [0.1, 0.15) is 10.4 Å². The molecule has 0 aliphatic rings. The van der Waals surface area contributed by atoms with Crippen LogP contribution in [-0.2, 0) is 0 Å². The van der Waals surface area contributed by atoms with Crippen molar-refractivity contribution in [1.29, 1.82) is 0 Å². The lowest BCUT2D eigenvalue weighted by atomic mass is 10.0. The number of aromatic nitrogens is 1. The number of para-hydroxylation sites is 1. The molecule has 0 saturated carbocycles. The van der Waals surface area contributed by atoms with E-state index in [1.165, 1.54) is 0 Å². The fourth-order valence-corrected chi connectivity index (χ4v) is 4.17. The summed E-state index contributed by atoms with van der Waals surface area (Å²) in [7, 11) is 0. The van der Waals surface area contributed by atoms with Crippen molar-refractivity contribution in [3.8, 4) is 11.3 Å². The van der Waals surface area contributed by atoms with Gasteiger partial charge in [-0.05, 0) is 53.2 Å². The number of fused-ring (bicyclic) bond motifs is 2. The third-order valence-corrected chi connectivity index (χ3v) is 5.72. The predicted octanol–water partition coefficient (Wildman–Crippen LogP) is 7.61. The molecule has 0 bridgehead atoms. The molecule has 0 aliphatic heterocycles. The van der Waals surface area contributed by atoms with Crippen LogP contribution >= 0.6 is 23.2 Å². The second kappa shape index (κ2) is 8.03. The van der Waals surface area contributed by atoms with Gasteiger partial charge in [-0.15, -0.1) is 0 Å². The Hall–Kier alpha value is -3.40. The lowest BCUT2D eigenvalue weighted by Crippen LogP contribution is -2.13. The third-order valence-electron chi connectivity index (χ3n) is 5.18. The molecule has 0 radical (unpaired) electrons. The Bertz CT molecular complexity index is 1460. The normalized spacial score (nSPS) is 11.0. The van der Waals surface area contributed by atoms with Crippen LogP contribution in [0, 0.1) is 0 Å². The first-order valence-corrected chi connectivity index (χ1v) is 10.5. The van der Waals surface area contributed by atoms with E-state index in [1.54, 1.807) is 18.2 Å². The van der Waals surface area contributed by atoms with Crippen molar-refractivity contribution in [2.24, 2.45) is 0 Å². The van der Waals surface area contributed by atoms with Gasteiger partial charge >= 0.3 is 0 Å². The fourth-order valence-electron chi connectivity index (χ4n) is 3.66. The van der Waals surface area contributed by atoms with E-state index < -0.39 is 0 Å². The zero-order valence-electron chi connectivity index (χ0n) is 16.3. The predicted molar refractivity (Wildman–Crippen MR) is 129 cm³/mol. The topological polar surface area (TPSA) is 42.0 Å². The standard InChI is InChI=1S/C26H16Cl2N2O/c27-18-10-12-21(23(28)14-18)25-15-22(20-7-3-4-8-24(20)30-25)26(31)29-19-11-9-16-5-1-2-6-17(16)13-19/h1-15H,(H,29,31). The molecule has 3 nitrogen and oxygen atoms in total. The molecule has 5 rings (SSSR count). The van der Waals surface area contributed by atoms with Crippen LogP contribution in [0.3, 0.4) is 0 Å². The molecule has 0 saturated heterocycles. The number of hydrogen-bond acceptors (Lipinski definition) is 2. The summed E-state index contributed by atoms with van der Waals surface area (Å²) in [5, 5.41) is 7.01. The lowest BCUT2D eigenvalue weighted by molar-refractivity contribution is 0.102. The Labute approximate surface area is 189 Å². The molecular weight excluding hydrogens is 427 g/mol. The van der Waals surface area contributed by atoms with E-state index in [4.69, 9.17) is 28.2 Å². The molecule has 0 aliphatic carbocycles. The number of anilines is 1. The lowest BCUT2D eigenvalue weighted by Gasteiger charge is -2.12. The average Bonchev–Trinajstić information content (AvgIpc) is 2.78. The van der Waals surface area contributed by atoms with Gasteiger partial charge in [-0.25, -0.2) is 4.98 Å². The van der Waals surface area contributed by atoms with Gasteiger partial charge in [-0.2, -0.15) is 0 Å². The molecule has 5 aromatic rings. The number of amides is 1. The van der Waals surface area contributed by atoms with Crippen LogP contribution in [0.2, 0.25) is 10.0 Å². The number of nitrogens with one attached hydrogen (secondary N) is 1. The van der Waals surface area contributed by atoms with Gasteiger partial charge in [0, 0.05) is 21.7 Å². The van der Waals surface area contributed by atoms with Crippen molar-refractivity contribution >= 4 is 56.5 Å². The molecule has 1 heterocycles.